The van der Waals surface area contributed by atoms with Gasteiger partial charge in [0, 0.05) is 11.6 Å². The lowest BCUT2D eigenvalue weighted by Gasteiger charge is -2.08. The quantitative estimate of drug-likeness (QED) is 0.704. The van der Waals surface area contributed by atoms with E-state index in [1.165, 1.54) is 12.3 Å². The molecule has 1 heterocycles. The van der Waals surface area contributed by atoms with Gasteiger partial charge in [-0.3, -0.25) is 4.98 Å². The maximum atomic E-state index is 12.2. The summed E-state index contributed by atoms with van der Waals surface area (Å²) in [5, 5.41) is 0.567. The Morgan fingerprint density at radius 1 is 1.07 bits per heavy atom. The molecule has 2 rings (SSSR count). The molecule has 0 radical (unpaired) electrons. The van der Waals surface area contributed by atoms with Crippen LogP contribution in [0.2, 0.25) is 0 Å². The zero-order valence-electron chi connectivity index (χ0n) is 7.75. The molecule has 0 saturated heterocycles. The Balaban J connectivity index is 2.52. The molecule has 0 saturated carbocycles. The Kier molecular flexibility index (Phi) is 2.34. The first kappa shape index (κ1) is 9.96. The predicted octanol–water partition coefficient (Wildman–Crippen LogP) is 3.34. The molecule has 15 heavy (non-hydrogen) atoms. The molecule has 78 valence electrons. The maximum Gasteiger partial charge on any atom is 0.393 e. The van der Waals surface area contributed by atoms with Gasteiger partial charge in [-0.05, 0) is 17.7 Å². The third-order valence-electron chi connectivity index (χ3n) is 2.13. The van der Waals surface area contributed by atoms with Crippen LogP contribution in [0.15, 0.2) is 36.5 Å². The number of fused-ring (bicyclic) bond motifs is 1. The second kappa shape index (κ2) is 3.53. The fourth-order valence-corrected chi connectivity index (χ4v) is 1.53. The monoisotopic (exact) mass is 211 g/mol. The lowest BCUT2D eigenvalue weighted by molar-refractivity contribution is -0.127. The van der Waals surface area contributed by atoms with E-state index in [9.17, 15) is 13.2 Å². The molecule has 1 nitrogen and oxygen atoms in total. The van der Waals surface area contributed by atoms with Gasteiger partial charge in [-0.15, -0.1) is 0 Å². The highest BCUT2D eigenvalue weighted by atomic mass is 19.4. The molecule has 1 aromatic carbocycles. The number of nitrogens with zero attached hydrogens (tertiary/aromatic N) is 1. The Bertz CT molecular complexity index is 471. The van der Waals surface area contributed by atoms with Crippen LogP contribution in [0, 0.1) is 0 Å². The molecule has 0 aliphatic rings. The van der Waals surface area contributed by atoms with Gasteiger partial charge in [0.15, 0.2) is 0 Å². The van der Waals surface area contributed by atoms with Crippen molar-refractivity contribution in [2.24, 2.45) is 0 Å². The molecule has 0 aliphatic carbocycles. The minimum atomic E-state index is -4.18. The van der Waals surface area contributed by atoms with Crippen molar-refractivity contribution in [3.05, 3.63) is 42.1 Å². The average molecular weight is 211 g/mol. The average Bonchev–Trinajstić information content (AvgIpc) is 2.16. The molecule has 2 aromatic rings. The highest BCUT2D eigenvalue weighted by Crippen LogP contribution is 2.25. The second-order valence-corrected chi connectivity index (χ2v) is 3.28. The summed E-state index contributed by atoms with van der Waals surface area (Å²) < 4.78 is 36.7. The van der Waals surface area contributed by atoms with Crippen LogP contribution in [-0.2, 0) is 6.42 Å². The number of pyridine rings is 1. The molecule has 1 aromatic heterocycles. The summed E-state index contributed by atoms with van der Waals surface area (Å²) in [6, 6.07) is 8.24. The zero-order valence-corrected chi connectivity index (χ0v) is 7.75. The SMILES string of the molecule is FC(F)(F)Cc1ccnc2ccccc12. The van der Waals surface area contributed by atoms with Gasteiger partial charge < -0.3 is 0 Å². The summed E-state index contributed by atoms with van der Waals surface area (Å²) in [6.45, 7) is 0. The molecule has 0 spiro atoms. The number of para-hydroxylation sites is 1. The summed E-state index contributed by atoms with van der Waals surface area (Å²) in [5.74, 6) is 0. The smallest absolute Gasteiger partial charge is 0.256 e. The van der Waals surface area contributed by atoms with Crippen LogP contribution < -0.4 is 0 Å². The van der Waals surface area contributed by atoms with E-state index in [1.807, 2.05) is 0 Å². The van der Waals surface area contributed by atoms with E-state index in [2.05, 4.69) is 4.98 Å². The molecule has 0 amide bonds. The minimum absolute atomic E-state index is 0.271. The Morgan fingerprint density at radius 2 is 1.80 bits per heavy atom. The van der Waals surface area contributed by atoms with E-state index in [4.69, 9.17) is 0 Å². The highest BCUT2D eigenvalue weighted by Gasteiger charge is 2.28. The number of benzene rings is 1. The molecule has 0 bridgehead atoms. The van der Waals surface area contributed by atoms with Crippen molar-refractivity contribution in [3.63, 3.8) is 0 Å². The van der Waals surface area contributed by atoms with Crippen LogP contribution in [0.5, 0.6) is 0 Å². The predicted molar refractivity (Wildman–Crippen MR) is 51.5 cm³/mol. The lowest BCUT2D eigenvalue weighted by Crippen LogP contribution is -2.11. The Hall–Kier alpha value is -1.58. The largest absolute Gasteiger partial charge is 0.393 e. The van der Waals surface area contributed by atoms with Crippen LogP contribution in [0.4, 0.5) is 13.2 Å². The molecule has 0 unspecified atom stereocenters. The lowest BCUT2D eigenvalue weighted by atomic mass is 10.1. The summed E-state index contributed by atoms with van der Waals surface area (Å²) >= 11 is 0. The molecule has 0 atom stereocenters. The molecule has 0 fully saturated rings. The van der Waals surface area contributed by atoms with E-state index in [0.29, 0.717) is 10.9 Å². The van der Waals surface area contributed by atoms with E-state index in [-0.39, 0.29) is 5.56 Å². The molecule has 4 heteroatoms. The van der Waals surface area contributed by atoms with E-state index >= 15 is 0 Å². The van der Waals surface area contributed by atoms with Crippen LogP contribution in [-0.4, -0.2) is 11.2 Å². The van der Waals surface area contributed by atoms with Crippen LogP contribution in [0.3, 0.4) is 0 Å². The van der Waals surface area contributed by atoms with Crippen molar-refractivity contribution in [1.29, 1.82) is 0 Å². The fraction of sp³-hybridized carbons (Fsp3) is 0.182. The standard InChI is InChI=1S/C11H8F3N/c12-11(13,14)7-8-5-6-15-10-4-2-1-3-9(8)10/h1-6H,7H2. The minimum Gasteiger partial charge on any atom is -0.256 e. The van der Waals surface area contributed by atoms with Crippen molar-refractivity contribution in [2.45, 2.75) is 12.6 Å². The van der Waals surface area contributed by atoms with E-state index < -0.39 is 12.6 Å². The van der Waals surface area contributed by atoms with E-state index in [1.54, 1.807) is 24.3 Å². The summed E-state index contributed by atoms with van der Waals surface area (Å²) in [5.41, 5.74) is 0.868. The van der Waals surface area contributed by atoms with Crippen LogP contribution in [0.25, 0.3) is 10.9 Å². The molecular formula is C11H8F3N. The van der Waals surface area contributed by atoms with Crippen molar-refractivity contribution < 1.29 is 13.2 Å². The van der Waals surface area contributed by atoms with Gasteiger partial charge in [0.2, 0.25) is 0 Å². The molecule has 0 N–H and O–H groups in total. The first-order chi connectivity index (χ1) is 7.06. The first-order valence-corrected chi connectivity index (χ1v) is 4.46. The van der Waals surface area contributed by atoms with Crippen molar-refractivity contribution in [2.75, 3.05) is 0 Å². The second-order valence-electron chi connectivity index (χ2n) is 3.28. The van der Waals surface area contributed by atoms with Crippen molar-refractivity contribution in [3.8, 4) is 0 Å². The number of alkyl halides is 3. The number of halogens is 3. The van der Waals surface area contributed by atoms with Gasteiger partial charge in [-0.2, -0.15) is 13.2 Å². The summed E-state index contributed by atoms with van der Waals surface area (Å²) in [7, 11) is 0. The number of aromatic nitrogens is 1. The van der Waals surface area contributed by atoms with Gasteiger partial charge in [-0.1, -0.05) is 18.2 Å². The van der Waals surface area contributed by atoms with Gasteiger partial charge in [-0.25, -0.2) is 0 Å². The Labute approximate surface area is 84.6 Å². The maximum absolute atomic E-state index is 12.2. The first-order valence-electron chi connectivity index (χ1n) is 4.46. The number of hydrogen-bond acceptors (Lipinski definition) is 1. The third-order valence-corrected chi connectivity index (χ3v) is 2.13. The van der Waals surface area contributed by atoms with Gasteiger partial charge in [0.05, 0.1) is 11.9 Å². The summed E-state index contributed by atoms with van der Waals surface area (Å²) in [4.78, 5) is 4.00. The van der Waals surface area contributed by atoms with E-state index in [0.717, 1.165) is 0 Å². The van der Waals surface area contributed by atoms with Gasteiger partial charge in [0.25, 0.3) is 0 Å². The van der Waals surface area contributed by atoms with Gasteiger partial charge >= 0.3 is 6.18 Å². The molecule has 0 aliphatic heterocycles. The van der Waals surface area contributed by atoms with Crippen LogP contribution in [0.1, 0.15) is 5.56 Å². The van der Waals surface area contributed by atoms with Crippen molar-refractivity contribution >= 4 is 10.9 Å². The molecular weight excluding hydrogens is 203 g/mol. The number of hydrogen-bond donors (Lipinski definition) is 0. The highest BCUT2D eigenvalue weighted by molar-refractivity contribution is 5.81. The Morgan fingerprint density at radius 3 is 2.53 bits per heavy atom. The normalized spacial score (nSPS) is 11.9. The topological polar surface area (TPSA) is 12.9 Å². The fourth-order valence-electron chi connectivity index (χ4n) is 1.53. The summed E-state index contributed by atoms with van der Waals surface area (Å²) in [6.07, 6.45) is -3.68. The number of rotatable bonds is 1. The zero-order chi connectivity index (χ0) is 10.9. The van der Waals surface area contributed by atoms with Crippen LogP contribution >= 0.6 is 0 Å². The third kappa shape index (κ3) is 2.26. The van der Waals surface area contributed by atoms with Crippen molar-refractivity contribution in [1.82, 2.24) is 4.98 Å². The van der Waals surface area contributed by atoms with Gasteiger partial charge in [0.1, 0.15) is 0 Å².